The van der Waals surface area contributed by atoms with Crippen molar-refractivity contribution in [2.45, 2.75) is 33.4 Å². The van der Waals surface area contributed by atoms with E-state index in [1.807, 2.05) is 35.7 Å². The van der Waals surface area contributed by atoms with Crippen LogP contribution in [0.15, 0.2) is 18.6 Å². The average Bonchev–Trinajstić information content (AvgIpc) is 2.85. The van der Waals surface area contributed by atoms with Gasteiger partial charge < -0.3 is 5.32 Å². The van der Waals surface area contributed by atoms with Crippen LogP contribution in [0, 0.1) is 6.92 Å². The Labute approximate surface area is 101 Å². The van der Waals surface area contributed by atoms with E-state index < -0.39 is 0 Å². The van der Waals surface area contributed by atoms with Gasteiger partial charge in [0.25, 0.3) is 0 Å². The zero-order valence-electron chi connectivity index (χ0n) is 10.8. The van der Waals surface area contributed by atoms with Crippen LogP contribution in [0.4, 0.5) is 5.82 Å². The van der Waals surface area contributed by atoms with Gasteiger partial charge in [-0.2, -0.15) is 10.2 Å². The molecule has 0 atom stereocenters. The highest BCUT2D eigenvalue weighted by molar-refractivity contribution is 5.43. The lowest BCUT2D eigenvalue weighted by atomic mass is 10.3. The van der Waals surface area contributed by atoms with Crippen LogP contribution >= 0.6 is 0 Å². The summed E-state index contributed by atoms with van der Waals surface area (Å²) in [4.78, 5) is 0. The fourth-order valence-electron chi connectivity index (χ4n) is 1.74. The van der Waals surface area contributed by atoms with Gasteiger partial charge in [-0.3, -0.25) is 9.36 Å². The topological polar surface area (TPSA) is 47.7 Å². The summed E-state index contributed by atoms with van der Waals surface area (Å²) >= 11 is 0. The van der Waals surface area contributed by atoms with Crippen molar-refractivity contribution in [3.05, 3.63) is 29.7 Å². The first-order chi connectivity index (χ1) is 8.08. The molecular weight excluding hydrogens is 214 g/mol. The maximum atomic E-state index is 4.31. The predicted octanol–water partition coefficient (Wildman–Crippen LogP) is 2.12. The minimum atomic E-state index is 0.405. The predicted molar refractivity (Wildman–Crippen MR) is 67.9 cm³/mol. The van der Waals surface area contributed by atoms with Gasteiger partial charge in [0.2, 0.25) is 0 Å². The second-order valence-corrected chi connectivity index (χ2v) is 4.58. The van der Waals surface area contributed by atoms with Crippen LogP contribution in [-0.4, -0.2) is 19.6 Å². The number of nitrogens with one attached hydrogen (secondary N) is 1. The summed E-state index contributed by atoms with van der Waals surface area (Å²) in [5, 5.41) is 11.9. The van der Waals surface area contributed by atoms with E-state index in [0.717, 1.165) is 17.9 Å². The maximum absolute atomic E-state index is 4.31. The third kappa shape index (κ3) is 2.49. The molecule has 0 aromatic carbocycles. The van der Waals surface area contributed by atoms with Crippen molar-refractivity contribution in [1.29, 1.82) is 0 Å². The lowest BCUT2D eigenvalue weighted by Gasteiger charge is -2.06. The highest BCUT2D eigenvalue weighted by Gasteiger charge is 2.05. The van der Waals surface area contributed by atoms with Gasteiger partial charge >= 0.3 is 0 Å². The molecule has 0 saturated heterocycles. The second-order valence-electron chi connectivity index (χ2n) is 4.58. The molecule has 2 heterocycles. The third-order valence-electron chi connectivity index (χ3n) is 2.77. The molecular formula is C12H19N5. The van der Waals surface area contributed by atoms with Gasteiger partial charge in [0.1, 0.15) is 5.82 Å². The van der Waals surface area contributed by atoms with Crippen LogP contribution in [0.3, 0.4) is 0 Å². The van der Waals surface area contributed by atoms with Gasteiger partial charge in [-0.15, -0.1) is 0 Å². The normalized spacial score (nSPS) is 11.1. The smallest absolute Gasteiger partial charge is 0.127 e. The molecule has 5 heteroatoms. The van der Waals surface area contributed by atoms with Crippen LogP contribution in [0.5, 0.6) is 0 Å². The Kier molecular flexibility index (Phi) is 3.17. The Hall–Kier alpha value is -1.78. The Morgan fingerprint density at radius 2 is 2.06 bits per heavy atom. The summed E-state index contributed by atoms with van der Waals surface area (Å²) < 4.78 is 3.81. The minimum absolute atomic E-state index is 0.405. The number of aryl methyl sites for hydroxylation is 2. The zero-order valence-corrected chi connectivity index (χ0v) is 10.8. The highest BCUT2D eigenvalue weighted by Crippen LogP contribution is 2.14. The molecule has 0 aliphatic rings. The van der Waals surface area contributed by atoms with Gasteiger partial charge in [-0.05, 0) is 20.8 Å². The fourth-order valence-corrected chi connectivity index (χ4v) is 1.74. The summed E-state index contributed by atoms with van der Waals surface area (Å²) in [6.45, 7) is 7.06. The summed E-state index contributed by atoms with van der Waals surface area (Å²) in [6.07, 6.45) is 5.84. The van der Waals surface area contributed by atoms with E-state index >= 15 is 0 Å². The van der Waals surface area contributed by atoms with Crippen LogP contribution in [0.2, 0.25) is 0 Å². The first-order valence-electron chi connectivity index (χ1n) is 5.83. The Bertz CT molecular complexity index is 475. The second kappa shape index (κ2) is 4.61. The number of hydrogen-bond donors (Lipinski definition) is 1. The molecule has 0 spiro atoms. The number of anilines is 1. The zero-order chi connectivity index (χ0) is 12.4. The molecule has 5 nitrogen and oxygen atoms in total. The van der Waals surface area contributed by atoms with Crippen LogP contribution in [-0.2, 0) is 13.6 Å². The van der Waals surface area contributed by atoms with Crippen LogP contribution in [0.25, 0.3) is 0 Å². The van der Waals surface area contributed by atoms with E-state index in [4.69, 9.17) is 0 Å². The lowest BCUT2D eigenvalue weighted by Crippen LogP contribution is -2.05. The minimum Gasteiger partial charge on any atom is -0.366 e. The lowest BCUT2D eigenvalue weighted by molar-refractivity contribution is 0.532. The average molecular weight is 233 g/mol. The molecule has 2 rings (SSSR count). The number of hydrogen-bond acceptors (Lipinski definition) is 3. The van der Waals surface area contributed by atoms with Crippen LogP contribution < -0.4 is 5.32 Å². The van der Waals surface area contributed by atoms with E-state index in [1.165, 1.54) is 5.56 Å². The van der Waals surface area contributed by atoms with E-state index in [1.54, 1.807) is 0 Å². The first-order valence-corrected chi connectivity index (χ1v) is 5.83. The van der Waals surface area contributed by atoms with Gasteiger partial charge in [0, 0.05) is 37.0 Å². The summed E-state index contributed by atoms with van der Waals surface area (Å²) in [6, 6.07) is 0.405. The maximum Gasteiger partial charge on any atom is 0.127 e. The van der Waals surface area contributed by atoms with E-state index in [-0.39, 0.29) is 0 Å². The van der Waals surface area contributed by atoms with Crippen molar-refractivity contribution in [3.63, 3.8) is 0 Å². The molecule has 0 amide bonds. The van der Waals surface area contributed by atoms with Gasteiger partial charge in [-0.25, -0.2) is 0 Å². The molecule has 1 N–H and O–H groups in total. The Morgan fingerprint density at radius 1 is 1.29 bits per heavy atom. The molecule has 92 valence electrons. The highest BCUT2D eigenvalue weighted by atomic mass is 15.3. The molecule has 2 aromatic heterocycles. The molecule has 0 fully saturated rings. The van der Waals surface area contributed by atoms with Crippen molar-refractivity contribution in [3.8, 4) is 0 Å². The monoisotopic (exact) mass is 233 g/mol. The Morgan fingerprint density at radius 3 is 2.59 bits per heavy atom. The standard InChI is InChI=1S/C12H19N5/c1-9(2)17-8-11(7-15-17)6-13-12-10(3)5-14-16(12)4/h5,7-9,13H,6H2,1-4H3. The van der Waals surface area contributed by atoms with E-state index in [0.29, 0.717) is 6.04 Å². The molecule has 0 saturated carbocycles. The number of rotatable bonds is 4. The molecule has 2 aromatic rings. The molecule has 0 bridgehead atoms. The third-order valence-corrected chi connectivity index (χ3v) is 2.77. The fraction of sp³-hybridized carbons (Fsp3) is 0.500. The summed E-state index contributed by atoms with van der Waals surface area (Å²) in [7, 11) is 1.94. The number of nitrogens with zero attached hydrogens (tertiary/aromatic N) is 4. The van der Waals surface area contributed by atoms with Crippen molar-refractivity contribution < 1.29 is 0 Å². The van der Waals surface area contributed by atoms with Crippen molar-refractivity contribution in [1.82, 2.24) is 19.6 Å². The summed E-state index contributed by atoms with van der Waals surface area (Å²) in [5.41, 5.74) is 2.34. The summed E-state index contributed by atoms with van der Waals surface area (Å²) in [5.74, 6) is 1.06. The molecule has 17 heavy (non-hydrogen) atoms. The van der Waals surface area contributed by atoms with E-state index in [2.05, 4.69) is 35.6 Å². The van der Waals surface area contributed by atoms with E-state index in [9.17, 15) is 0 Å². The van der Waals surface area contributed by atoms with Gasteiger partial charge in [0.05, 0.1) is 12.4 Å². The molecule has 0 unspecified atom stereocenters. The Balaban J connectivity index is 2.02. The van der Waals surface area contributed by atoms with Crippen molar-refractivity contribution >= 4 is 5.82 Å². The molecule has 0 aliphatic carbocycles. The van der Waals surface area contributed by atoms with Crippen LogP contribution in [0.1, 0.15) is 31.0 Å². The quantitative estimate of drug-likeness (QED) is 0.880. The molecule has 0 radical (unpaired) electrons. The SMILES string of the molecule is Cc1cnn(C)c1NCc1cnn(C(C)C)c1. The van der Waals surface area contributed by atoms with Crippen molar-refractivity contribution in [2.24, 2.45) is 7.05 Å². The van der Waals surface area contributed by atoms with Gasteiger partial charge in [0.15, 0.2) is 0 Å². The molecule has 0 aliphatic heterocycles. The largest absolute Gasteiger partial charge is 0.366 e. The van der Waals surface area contributed by atoms with Gasteiger partial charge in [-0.1, -0.05) is 0 Å². The van der Waals surface area contributed by atoms with Crippen molar-refractivity contribution in [2.75, 3.05) is 5.32 Å². The number of aromatic nitrogens is 4. The first kappa shape index (κ1) is 11.7.